The number of carbonyl (C=O) groups excluding carboxylic acids is 2. The van der Waals surface area contributed by atoms with Gasteiger partial charge in [-0.2, -0.15) is 0 Å². The van der Waals surface area contributed by atoms with Crippen LogP contribution in [-0.4, -0.2) is 11.6 Å². The number of rotatable bonds is 0. The topological polar surface area (TPSA) is 34.1 Å². The molecule has 0 bridgehead atoms. The van der Waals surface area contributed by atoms with Crippen molar-refractivity contribution >= 4 is 11.6 Å². The molecule has 0 aromatic heterocycles. The lowest BCUT2D eigenvalue weighted by Crippen LogP contribution is -2.54. The molecule has 12 unspecified atom stereocenters. The molecule has 7 rings (SSSR count). The Morgan fingerprint density at radius 3 is 1.60 bits per heavy atom. The molecule has 0 aromatic carbocycles. The lowest BCUT2D eigenvalue weighted by molar-refractivity contribution is -0.144. The van der Waals surface area contributed by atoms with E-state index in [-0.39, 0.29) is 11.8 Å². The van der Waals surface area contributed by atoms with Crippen molar-refractivity contribution in [2.24, 2.45) is 71.0 Å². The standard InChI is InChI=1S/C28H40O2/c29-27-19-11-5-3-9-17(19)23-21-14-13-15-7-1-2-8-16(15)22(21)25-24(26(23)27)18-10-4-6-12-20(18)28(25)30/h15-26H,1-14H2. The van der Waals surface area contributed by atoms with Gasteiger partial charge in [0.25, 0.3) is 0 Å². The minimum atomic E-state index is 0.277. The van der Waals surface area contributed by atoms with E-state index < -0.39 is 0 Å². The van der Waals surface area contributed by atoms with E-state index in [0.29, 0.717) is 58.9 Å². The monoisotopic (exact) mass is 408 g/mol. The molecular formula is C28H40O2. The van der Waals surface area contributed by atoms with Crippen molar-refractivity contribution in [1.82, 2.24) is 0 Å². The molecule has 164 valence electrons. The van der Waals surface area contributed by atoms with E-state index >= 15 is 0 Å². The summed E-state index contributed by atoms with van der Waals surface area (Å²) in [4.78, 5) is 27.9. The summed E-state index contributed by atoms with van der Waals surface area (Å²) >= 11 is 0. The Bertz CT molecular complexity index is 741. The molecule has 7 saturated carbocycles. The van der Waals surface area contributed by atoms with Gasteiger partial charge in [-0.1, -0.05) is 44.9 Å². The predicted octanol–water partition coefficient (Wildman–Crippen LogP) is 6.08. The van der Waals surface area contributed by atoms with Crippen LogP contribution in [0.5, 0.6) is 0 Å². The van der Waals surface area contributed by atoms with Gasteiger partial charge in [0.1, 0.15) is 11.6 Å². The second kappa shape index (κ2) is 6.92. The van der Waals surface area contributed by atoms with Crippen LogP contribution in [0.25, 0.3) is 0 Å². The van der Waals surface area contributed by atoms with Crippen molar-refractivity contribution in [2.45, 2.75) is 89.9 Å². The summed E-state index contributed by atoms with van der Waals surface area (Å²) in [6.07, 6.45) is 18.4. The molecule has 7 aliphatic carbocycles. The third kappa shape index (κ3) is 2.38. The molecule has 0 aromatic rings. The minimum Gasteiger partial charge on any atom is -0.299 e. The van der Waals surface area contributed by atoms with E-state index in [4.69, 9.17) is 0 Å². The zero-order valence-corrected chi connectivity index (χ0v) is 18.6. The van der Waals surface area contributed by atoms with E-state index in [0.717, 1.165) is 18.3 Å². The first-order valence-corrected chi connectivity index (χ1v) is 13.8. The van der Waals surface area contributed by atoms with E-state index in [9.17, 15) is 9.59 Å². The molecule has 7 fully saturated rings. The summed E-state index contributed by atoms with van der Waals surface area (Å²) in [5, 5.41) is 0. The molecule has 7 aliphatic rings. The highest BCUT2D eigenvalue weighted by Crippen LogP contribution is 2.69. The van der Waals surface area contributed by atoms with Gasteiger partial charge in [-0.25, -0.2) is 0 Å². The fourth-order valence-electron chi connectivity index (χ4n) is 11.3. The van der Waals surface area contributed by atoms with Crippen LogP contribution in [0.3, 0.4) is 0 Å². The van der Waals surface area contributed by atoms with Gasteiger partial charge in [-0.15, -0.1) is 0 Å². The summed E-state index contributed by atoms with van der Waals surface area (Å²) in [5.74, 6) is 8.00. The number of Topliss-reactive ketones (excluding diaryl/α,β-unsaturated/α-hetero) is 2. The van der Waals surface area contributed by atoms with Crippen LogP contribution in [0.15, 0.2) is 0 Å². The average molecular weight is 409 g/mol. The Morgan fingerprint density at radius 2 is 0.933 bits per heavy atom. The van der Waals surface area contributed by atoms with Crippen molar-refractivity contribution < 1.29 is 9.59 Å². The maximum Gasteiger partial charge on any atom is 0.139 e. The first-order valence-electron chi connectivity index (χ1n) is 13.8. The van der Waals surface area contributed by atoms with Crippen molar-refractivity contribution in [1.29, 1.82) is 0 Å². The first-order chi connectivity index (χ1) is 14.8. The molecule has 2 heteroatoms. The fourth-order valence-corrected chi connectivity index (χ4v) is 11.3. The highest BCUT2D eigenvalue weighted by atomic mass is 16.1. The quantitative estimate of drug-likeness (QED) is 0.487. The number of fused-ring (bicyclic) bond motifs is 12. The number of hydrogen-bond acceptors (Lipinski definition) is 2. The second-order valence-electron chi connectivity index (χ2n) is 12.6. The Hall–Kier alpha value is -0.660. The Labute approximate surface area is 182 Å². The largest absolute Gasteiger partial charge is 0.299 e. The Kier molecular flexibility index (Phi) is 4.35. The Balaban J connectivity index is 1.36. The third-order valence-electron chi connectivity index (χ3n) is 12.0. The van der Waals surface area contributed by atoms with Crippen LogP contribution in [0, 0.1) is 71.0 Å². The first kappa shape index (κ1) is 18.9. The predicted molar refractivity (Wildman–Crippen MR) is 117 cm³/mol. The minimum absolute atomic E-state index is 0.277. The van der Waals surface area contributed by atoms with Crippen molar-refractivity contribution in [3.8, 4) is 0 Å². The van der Waals surface area contributed by atoms with Gasteiger partial charge in [0, 0.05) is 23.7 Å². The molecule has 0 saturated heterocycles. The van der Waals surface area contributed by atoms with E-state index in [1.165, 1.54) is 83.5 Å². The van der Waals surface area contributed by atoms with Gasteiger partial charge in [0.05, 0.1) is 0 Å². The molecule has 0 spiro atoms. The molecule has 0 aliphatic heterocycles. The van der Waals surface area contributed by atoms with Crippen LogP contribution in [-0.2, 0) is 9.59 Å². The fraction of sp³-hybridized carbons (Fsp3) is 0.929. The zero-order chi connectivity index (χ0) is 20.0. The summed E-state index contributed by atoms with van der Waals surface area (Å²) in [6.45, 7) is 0. The maximum atomic E-state index is 14.0. The van der Waals surface area contributed by atoms with Crippen molar-refractivity contribution in [3.05, 3.63) is 0 Å². The van der Waals surface area contributed by atoms with Gasteiger partial charge in [-0.05, 0) is 92.3 Å². The molecule has 0 N–H and O–H groups in total. The maximum absolute atomic E-state index is 14.0. The van der Waals surface area contributed by atoms with Gasteiger partial charge < -0.3 is 0 Å². The Morgan fingerprint density at radius 1 is 0.433 bits per heavy atom. The number of ketones is 2. The van der Waals surface area contributed by atoms with Crippen LogP contribution < -0.4 is 0 Å². The van der Waals surface area contributed by atoms with Crippen LogP contribution in [0.4, 0.5) is 0 Å². The van der Waals surface area contributed by atoms with Gasteiger partial charge >= 0.3 is 0 Å². The van der Waals surface area contributed by atoms with Crippen molar-refractivity contribution in [2.75, 3.05) is 0 Å². The molecule has 30 heavy (non-hydrogen) atoms. The normalized spacial score (nSPS) is 56.9. The zero-order valence-electron chi connectivity index (χ0n) is 18.6. The summed E-state index contributed by atoms with van der Waals surface area (Å²) in [6, 6.07) is 0. The number of carbonyl (C=O) groups is 2. The average Bonchev–Trinajstić information content (AvgIpc) is 3.26. The number of hydrogen-bond donors (Lipinski definition) is 0. The smallest absolute Gasteiger partial charge is 0.139 e. The molecule has 0 heterocycles. The third-order valence-corrected chi connectivity index (χ3v) is 12.0. The van der Waals surface area contributed by atoms with Gasteiger partial charge in [-0.3, -0.25) is 9.59 Å². The molecule has 0 amide bonds. The lowest BCUT2D eigenvalue weighted by atomic mass is 9.47. The molecule has 0 radical (unpaired) electrons. The highest BCUT2D eigenvalue weighted by Gasteiger charge is 2.69. The van der Waals surface area contributed by atoms with Gasteiger partial charge in [0.2, 0.25) is 0 Å². The van der Waals surface area contributed by atoms with Crippen LogP contribution in [0.1, 0.15) is 89.9 Å². The SMILES string of the molecule is O=C1C2CCCCC2C2C1C1C3CCCCC3CCC1C1C3CCCCC3C(=O)C12. The van der Waals surface area contributed by atoms with E-state index in [2.05, 4.69) is 0 Å². The van der Waals surface area contributed by atoms with Crippen LogP contribution >= 0.6 is 0 Å². The van der Waals surface area contributed by atoms with Crippen molar-refractivity contribution in [3.63, 3.8) is 0 Å². The van der Waals surface area contributed by atoms with E-state index in [1.54, 1.807) is 0 Å². The molecule has 2 nitrogen and oxygen atoms in total. The van der Waals surface area contributed by atoms with Gasteiger partial charge in [0.15, 0.2) is 0 Å². The lowest BCUT2D eigenvalue weighted by Gasteiger charge is -2.57. The van der Waals surface area contributed by atoms with Crippen LogP contribution in [0.2, 0.25) is 0 Å². The highest BCUT2D eigenvalue weighted by molar-refractivity contribution is 5.92. The summed E-state index contributed by atoms with van der Waals surface area (Å²) in [7, 11) is 0. The summed E-state index contributed by atoms with van der Waals surface area (Å²) < 4.78 is 0. The summed E-state index contributed by atoms with van der Waals surface area (Å²) in [5.41, 5.74) is 0. The molecular weight excluding hydrogens is 368 g/mol. The second-order valence-corrected chi connectivity index (χ2v) is 12.6. The molecule has 12 atom stereocenters. The van der Waals surface area contributed by atoms with E-state index in [1.807, 2.05) is 0 Å².